The predicted octanol–water partition coefficient (Wildman–Crippen LogP) is 3.78. The normalized spacial score (nSPS) is 11.4. The number of halogens is 2. The molecule has 0 aliphatic carbocycles. The number of hydrogen-bond acceptors (Lipinski definition) is 3. The van der Waals surface area contributed by atoms with Crippen molar-refractivity contribution in [2.24, 2.45) is 5.73 Å². The topological polar surface area (TPSA) is 72.2 Å². The van der Waals surface area contributed by atoms with Crippen LogP contribution in [0.4, 0.5) is 5.69 Å². The molecule has 21 heavy (non-hydrogen) atoms. The van der Waals surface area contributed by atoms with Gasteiger partial charge in [0.2, 0.25) is 0 Å². The Kier molecular flexibility index (Phi) is 5.08. The van der Waals surface area contributed by atoms with Gasteiger partial charge in [-0.15, -0.1) is 0 Å². The zero-order valence-corrected chi connectivity index (χ0v) is 15.2. The van der Waals surface area contributed by atoms with Crippen LogP contribution in [0.25, 0.3) is 0 Å². The largest absolute Gasteiger partial charge is 0.326 e. The maximum absolute atomic E-state index is 12.5. The van der Waals surface area contributed by atoms with Crippen molar-refractivity contribution in [1.29, 1.82) is 0 Å². The standard InChI is InChI=1S/C14H14Br2N2O2S/c1-9-5-6-11(7-10(9)8-17)21(19,20)18-14-12(15)3-2-4-13(14)16/h2-7,18H,8,17H2,1H3. The second-order valence-electron chi connectivity index (χ2n) is 4.49. The van der Waals surface area contributed by atoms with Gasteiger partial charge in [-0.1, -0.05) is 12.1 Å². The molecule has 0 aliphatic rings. The summed E-state index contributed by atoms with van der Waals surface area (Å²) in [5.41, 5.74) is 7.88. The fourth-order valence-electron chi connectivity index (χ4n) is 1.82. The summed E-state index contributed by atoms with van der Waals surface area (Å²) in [7, 11) is -3.67. The monoisotopic (exact) mass is 432 g/mol. The van der Waals surface area contributed by atoms with E-state index < -0.39 is 10.0 Å². The highest BCUT2D eigenvalue weighted by atomic mass is 79.9. The van der Waals surface area contributed by atoms with E-state index in [9.17, 15) is 8.42 Å². The molecular weight excluding hydrogens is 420 g/mol. The Balaban J connectivity index is 2.44. The molecule has 0 spiro atoms. The number of anilines is 1. The van der Waals surface area contributed by atoms with Gasteiger partial charge in [0.05, 0.1) is 10.6 Å². The molecule has 0 saturated carbocycles. The Hall–Kier alpha value is -0.890. The molecule has 112 valence electrons. The lowest BCUT2D eigenvalue weighted by molar-refractivity contribution is 0.601. The van der Waals surface area contributed by atoms with E-state index in [1.807, 2.05) is 13.0 Å². The lowest BCUT2D eigenvalue weighted by atomic mass is 10.1. The van der Waals surface area contributed by atoms with Crippen LogP contribution < -0.4 is 10.5 Å². The van der Waals surface area contributed by atoms with Crippen molar-refractivity contribution in [3.05, 3.63) is 56.5 Å². The fraction of sp³-hybridized carbons (Fsp3) is 0.143. The quantitative estimate of drug-likeness (QED) is 0.770. The Labute approximate surface area is 141 Å². The van der Waals surface area contributed by atoms with E-state index in [0.717, 1.165) is 11.1 Å². The summed E-state index contributed by atoms with van der Waals surface area (Å²) in [5, 5.41) is 0. The summed E-state index contributed by atoms with van der Waals surface area (Å²) in [6, 6.07) is 10.3. The highest BCUT2D eigenvalue weighted by Gasteiger charge is 2.18. The van der Waals surface area contributed by atoms with Crippen LogP contribution in [0.2, 0.25) is 0 Å². The molecule has 0 amide bonds. The second-order valence-corrected chi connectivity index (χ2v) is 7.89. The van der Waals surface area contributed by atoms with Gasteiger partial charge in [-0.05, 0) is 74.2 Å². The number of nitrogens with one attached hydrogen (secondary N) is 1. The average Bonchev–Trinajstić information content (AvgIpc) is 2.43. The molecule has 7 heteroatoms. The van der Waals surface area contributed by atoms with Crippen LogP contribution in [-0.4, -0.2) is 8.42 Å². The number of sulfonamides is 1. The van der Waals surface area contributed by atoms with Crippen LogP contribution in [-0.2, 0) is 16.6 Å². The molecule has 0 atom stereocenters. The molecule has 0 heterocycles. The molecule has 0 fully saturated rings. The Morgan fingerprint density at radius 1 is 1.14 bits per heavy atom. The first-order valence-electron chi connectivity index (χ1n) is 6.11. The van der Waals surface area contributed by atoms with Crippen LogP contribution in [0.1, 0.15) is 11.1 Å². The summed E-state index contributed by atoms with van der Waals surface area (Å²) in [6.45, 7) is 2.20. The molecular formula is C14H14Br2N2O2S. The van der Waals surface area contributed by atoms with Crippen molar-refractivity contribution in [3.8, 4) is 0 Å². The molecule has 2 aromatic rings. The number of benzene rings is 2. The van der Waals surface area contributed by atoms with Crippen LogP contribution in [0.15, 0.2) is 50.2 Å². The smallest absolute Gasteiger partial charge is 0.261 e. The predicted molar refractivity (Wildman–Crippen MR) is 91.7 cm³/mol. The van der Waals surface area contributed by atoms with Gasteiger partial charge in [0.1, 0.15) is 0 Å². The van der Waals surface area contributed by atoms with E-state index in [2.05, 4.69) is 36.6 Å². The Morgan fingerprint density at radius 2 is 1.76 bits per heavy atom. The van der Waals surface area contributed by atoms with Gasteiger partial charge in [0.25, 0.3) is 10.0 Å². The van der Waals surface area contributed by atoms with Crippen molar-refractivity contribution in [1.82, 2.24) is 0 Å². The number of aryl methyl sites for hydroxylation is 1. The first kappa shape index (κ1) is 16.5. The minimum absolute atomic E-state index is 0.191. The summed E-state index contributed by atoms with van der Waals surface area (Å²) in [6.07, 6.45) is 0. The van der Waals surface area contributed by atoms with Gasteiger partial charge in [0.15, 0.2) is 0 Å². The van der Waals surface area contributed by atoms with Gasteiger partial charge in [-0.2, -0.15) is 0 Å². The summed E-state index contributed by atoms with van der Waals surface area (Å²) >= 11 is 6.67. The molecule has 0 saturated heterocycles. The highest BCUT2D eigenvalue weighted by Crippen LogP contribution is 2.32. The van der Waals surface area contributed by atoms with Crippen molar-refractivity contribution < 1.29 is 8.42 Å². The minimum Gasteiger partial charge on any atom is -0.326 e. The van der Waals surface area contributed by atoms with Crippen molar-refractivity contribution in [3.63, 3.8) is 0 Å². The minimum atomic E-state index is -3.67. The molecule has 3 N–H and O–H groups in total. The second kappa shape index (κ2) is 6.48. The third-order valence-corrected chi connectivity index (χ3v) is 5.72. The third-order valence-electron chi connectivity index (χ3n) is 3.05. The molecule has 2 rings (SSSR count). The average molecular weight is 434 g/mol. The number of nitrogens with two attached hydrogens (primary N) is 1. The van der Waals surface area contributed by atoms with Crippen molar-refractivity contribution in [2.45, 2.75) is 18.4 Å². The molecule has 2 aromatic carbocycles. The van der Waals surface area contributed by atoms with Crippen molar-refractivity contribution >= 4 is 47.6 Å². The number of hydrogen-bond donors (Lipinski definition) is 2. The first-order chi connectivity index (χ1) is 9.85. The zero-order valence-electron chi connectivity index (χ0n) is 11.2. The van der Waals surface area contributed by atoms with Crippen LogP contribution in [0.5, 0.6) is 0 Å². The van der Waals surface area contributed by atoms with Gasteiger partial charge in [-0.3, -0.25) is 4.72 Å². The summed E-state index contributed by atoms with van der Waals surface area (Å²) < 4.78 is 28.9. The molecule has 0 unspecified atom stereocenters. The Bertz CT molecular complexity index is 756. The van der Waals surface area contributed by atoms with E-state index in [1.54, 1.807) is 30.3 Å². The Morgan fingerprint density at radius 3 is 2.33 bits per heavy atom. The SMILES string of the molecule is Cc1ccc(S(=O)(=O)Nc2c(Br)cccc2Br)cc1CN. The van der Waals surface area contributed by atoms with E-state index in [1.165, 1.54) is 0 Å². The number of rotatable bonds is 4. The molecule has 0 radical (unpaired) electrons. The number of para-hydroxylation sites is 1. The third kappa shape index (κ3) is 3.66. The van der Waals surface area contributed by atoms with E-state index in [-0.39, 0.29) is 4.90 Å². The van der Waals surface area contributed by atoms with E-state index >= 15 is 0 Å². The lowest BCUT2D eigenvalue weighted by Crippen LogP contribution is -2.14. The van der Waals surface area contributed by atoms with E-state index in [0.29, 0.717) is 21.2 Å². The van der Waals surface area contributed by atoms with Gasteiger partial charge >= 0.3 is 0 Å². The molecule has 0 bridgehead atoms. The maximum Gasteiger partial charge on any atom is 0.261 e. The highest BCUT2D eigenvalue weighted by molar-refractivity contribution is 9.11. The fourth-order valence-corrected chi connectivity index (χ4v) is 4.43. The summed E-state index contributed by atoms with van der Waals surface area (Å²) in [4.78, 5) is 0.191. The first-order valence-corrected chi connectivity index (χ1v) is 9.18. The van der Waals surface area contributed by atoms with Crippen LogP contribution in [0, 0.1) is 6.92 Å². The molecule has 0 aliphatic heterocycles. The van der Waals surface area contributed by atoms with Crippen LogP contribution in [0.3, 0.4) is 0 Å². The lowest BCUT2D eigenvalue weighted by Gasteiger charge is -2.13. The van der Waals surface area contributed by atoms with Crippen molar-refractivity contribution in [2.75, 3.05) is 4.72 Å². The summed E-state index contributed by atoms with van der Waals surface area (Å²) in [5.74, 6) is 0. The molecule has 4 nitrogen and oxygen atoms in total. The van der Waals surface area contributed by atoms with Gasteiger partial charge in [-0.25, -0.2) is 8.42 Å². The molecule has 0 aromatic heterocycles. The zero-order chi connectivity index (χ0) is 15.6. The van der Waals surface area contributed by atoms with Gasteiger partial charge < -0.3 is 5.73 Å². The van der Waals surface area contributed by atoms with Crippen LogP contribution >= 0.6 is 31.9 Å². The maximum atomic E-state index is 12.5. The van der Waals surface area contributed by atoms with Gasteiger partial charge in [0, 0.05) is 15.5 Å². The van der Waals surface area contributed by atoms with E-state index in [4.69, 9.17) is 5.73 Å².